The van der Waals surface area contributed by atoms with Crippen molar-refractivity contribution in [3.63, 3.8) is 0 Å². The van der Waals surface area contributed by atoms with Crippen molar-refractivity contribution < 1.29 is 9.90 Å². The normalized spacial score (nSPS) is 11.5. The van der Waals surface area contributed by atoms with Crippen LogP contribution in [-0.2, 0) is 4.79 Å². The van der Waals surface area contributed by atoms with E-state index in [1.165, 1.54) is 0 Å². The van der Waals surface area contributed by atoms with Crippen LogP contribution in [0.15, 0.2) is 0 Å². The van der Waals surface area contributed by atoms with E-state index in [4.69, 9.17) is 5.11 Å². The van der Waals surface area contributed by atoms with Gasteiger partial charge in [-0.2, -0.15) is 0 Å². The summed E-state index contributed by atoms with van der Waals surface area (Å²) in [6, 6.07) is 0. The van der Waals surface area contributed by atoms with Crippen LogP contribution in [0.3, 0.4) is 0 Å². The van der Waals surface area contributed by atoms with Gasteiger partial charge >= 0.3 is 5.97 Å². The quantitative estimate of drug-likeness (QED) is 0.506. The molecule has 1 atom stereocenters. The van der Waals surface area contributed by atoms with Gasteiger partial charge in [0.15, 0.2) is 0 Å². The highest BCUT2D eigenvalue weighted by Gasteiger charge is 2.14. The van der Waals surface area contributed by atoms with E-state index in [9.17, 15) is 4.79 Å². The number of aliphatic carboxylic acids is 1. The Hall–Kier alpha value is -0.970. The number of carboxylic acid groups (broad SMARTS) is 1. The summed E-state index contributed by atoms with van der Waals surface area (Å²) >= 11 is 0. The number of hydrogen-bond acceptors (Lipinski definition) is 1. The Morgan fingerprint density at radius 2 is 2.15 bits per heavy atom. The lowest BCUT2D eigenvalue weighted by Gasteiger charge is -2.07. The first-order valence-electron chi connectivity index (χ1n) is 4.84. The summed E-state index contributed by atoms with van der Waals surface area (Å²) < 4.78 is 0. The van der Waals surface area contributed by atoms with Crippen LogP contribution >= 0.6 is 0 Å². The number of rotatable bonds is 6. The molecule has 0 aliphatic heterocycles. The molecule has 0 amide bonds. The molecule has 1 N–H and O–H groups in total. The molecular formula is C11H18O2. The third-order valence-corrected chi connectivity index (χ3v) is 2.03. The molecule has 0 aromatic rings. The van der Waals surface area contributed by atoms with Crippen molar-refractivity contribution in [2.75, 3.05) is 0 Å². The Morgan fingerprint density at radius 1 is 1.46 bits per heavy atom. The van der Waals surface area contributed by atoms with E-state index in [2.05, 4.69) is 18.8 Å². The third-order valence-electron chi connectivity index (χ3n) is 2.03. The first-order valence-corrected chi connectivity index (χ1v) is 4.84. The van der Waals surface area contributed by atoms with Gasteiger partial charge in [-0.3, -0.25) is 4.79 Å². The van der Waals surface area contributed by atoms with E-state index in [0.29, 0.717) is 6.42 Å². The Labute approximate surface area is 80.3 Å². The second-order valence-electron chi connectivity index (χ2n) is 3.16. The van der Waals surface area contributed by atoms with Crippen LogP contribution in [0.25, 0.3) is 0 Å². The van der Waals surface area contributed by atoms with Crippen molar-refractivity contribution >= 4 is 5.97 Å². The van der Waals surface area contributed by atoms with Gasteiger partial charge in [0.05, 0.1) is 5.92 Å². The highest BCUT2D eigenvalue weighted by Crippen LogP contribution is 2.13. The van der Waals surface area contributed by atoms with Gasteiger partial charge in [-0.25, -0.2) is 0 Å². The van der Waals surface area contributed by atoms with E-state index in [1.807, 2.05) is 0 Å². The lowest BCUT2D eigenvalue weighted by Crippen LogP contribution is -2.12. The van der Waals surface area contributed by atoms with Crippen LogP contribution < -0.4 is 0 Å². The average Bonchev–Trinajstić information content (AvgIpc) is 2.10. The first-order chi connectivity index (χ1) is 6.22. The molecule has 0 bridgehead atoms. The van der Waals surface area contributed by atoms with Crippen LogP contribution in [0, 0.1) is 17.8 Å². The van der Waals surface area contributed by atoms with E-state index in [1.54, 1.807) is 6.92 Å². The van der Waals surface area contributed by atoms with Crippen molar-refractivity contribution in [1.29, 1.82) is 0 Å². The predicted molar refractivity (Wildman–Crippen MR) is 53.3 cm³/mol. The highest BCUT2D eigenvalue weighted by molar-refractivity contribution is 5.70. The molecule has 0 saturated heterocycles. The first kappa shape index (κ1) is 12.0. The maximum Gasteiger partial charge on any atom is 0.307 e. The molecule has 0 fully saturated rings. The fourth-order valence-electron chi connectivity index (χ4n) is 1.18. The monoisotopic (exact) mass is 182 g/mol. The predicted octanol–water partition coefficient (Wildman–Crippen LogP) is 2.68. The summed E-state index contributed by atoms with van der Waals surface area (Å²) in [5.74, 6) is 4.58. The molecule has 0 aliphatic rings. The number of carboxylic acids is 1. The van der Waals surface area contributed by atoms with Gasteiger partial charge in [0, 0.05) is 6.42 Å². The summed E-state index contributed by atoms with van der Waals surface area (Å²) in [5.41, 5.74) is 0. The fraction of sp³-hybridized carbons (Fsp3) is 0.727. The smallest absolute Gasteiger partial charge is 0.307 e. The van der Waals surface area contributed by atoms with E-state index < -0.39 is 5.97 Å². The van der Waals surface area contributed by atoms with Gasteiger partial charge in [-0.05, 0) is 13.3 Å². The molecule has 0 unspecified atom stereocenters. The molecule has 0 saturated carbocycles. The van der Waals surface area contributed by atoms with E-state index in [-0.39, 0.29) is 5.92 Å². The number of hydrogen-bond donors (Lipinski definition) is 1. The molecule has 0 aromatic carbocycles. The maximum absolute atomic E-state index is 10.7. The summed E-state index contributed by atoms with van der Waals surface area (Å²) in [6.45, 7) is 3.85. The van der Waals surface area contributed by atoms with Gasteiger partial charge < -0.3 is 5.11 Å². The van der Waals surface area contributed by atoms with Crippen molar-refractivity contribution in [2.24, 2.45) is 5.92 Å². The van der Waals surface area contributed by atoms with Crippen molar-refractivity contribution in [3.05, 3.63) is 0 Å². The summed E-state index contributed by atoms with van der Waals surface area (Å²) in [7, 11) is 0. The standard InChI is InChI=1S/C11H18O2/c1-3-5-7-9-10(11(12)13)8-6-4-2/h10H,3,5,7-9H2,1-2H3,(H,12,13)/t10-/m1/s1. The van der Waals surface area contributed by atoms with Crippen molar-refractivity contribution in [1.82, 2.24) is 0 Å². The number of unbranched alkanes of at least 4 members (excludes halogenated alkanes) is 2. The topological polar surface area (TPSA) is 37.3 Å². The van der Waals surface area contributed by atoms with Crippen molar-refractivity contribution in [2.45, 2.75) is 46.0 Å². The summed E-state index contributed by atoms with van der Waals surface area (Å²) in [6.07, 6.45) is 4.50. The van der Waals surface area contributed by atoms with Gasteiger partial charge in [0.2, 0.25) is 0 Å². The van der Waals surface area contributed by atoms with E-state index in [0.717, 1.165) is 25.7 Å². The van der Waals surface area contributed by atoms with Gasteiger partial charge in [-0.1, -0.05) is 26.2 Å². The third kappa shape index (κ3) is 6.21. The molecule has 2 nitrogen and oxygen atoms in total. The summed E-state index contributed by atoms with van der Waals surface area (Å²) in [4.78, 5) is 10.7. The zero-order valence-electron chi connectivity index (χ0n) is 8.47. The Morgan fingerprint density at radius 3 is 2.62 bits per heavy atom. The fourth-order valence-corrected chi connectivity index (χ4v) is 1.18. The molecule has 13 heavy (non-hydrogen) atoms. The molecular weight excluding hydrogens is 164 g/mol. The number of carbonyl (C=O) groups is 1. The minimum atomic E-state index is -0.709. The molecule has 2 heteroatoms. The van der Waals surface area contributed by atoms with E-state index >= 15 is 0 Å². The average molecular weight is 182 g/mol. The largest absolute Gasteiger partial charge is 0.481 e. The Kier molecular flexibility index (Phi) is 7.10. The second-order valence-corrected chi connectivity index (χ2v) is 3.16. The SMILES string of the molecule is CC#CC[C@H](CCCCC)C(=O)O. The molecule has 0 heterocycles. The van der Waals surface area contributed by atoms with Crippen LogP contribution in [-0.4, -0.2) is 11.1 Å². The minimum Gasteiger partial charge on any atom is -0.481 e. The molecule has 74 valence electrons. The minimum absolute atomic E-state index is 0.265. The van der Waals surface area contributed by atoms with Crippen LogP contribution in [0.4, 0.5) is 0 Å². The van der Waals surface area contributed by atoms with Crippen LogP contribution in [0.5, 0.6) is 0 Å². The lowest BCUT2D eigenvalue weighted by molar-refractivity contribution is -0.141. The summed E-state index contributed by atoms with van der Waals surface area (Å²) in [5, 5.41) is 8.83. The van der Waals surface area contributed by atoms with Crippen molar-refractivity contribution in [3.8, 4) is 11.8 Å². The lowest BCUT2D eigenvalue weighted by atomic mass is 9.98. The second kappa shape index (κ2) is 7.67. The maximum atomic E-state index is 10.7. The molecule has 0 aliphatic carbocycles. The molecule has 0 rings (SSSR count). The van der Waals surface area contributed by atoms with Gasteiger partial charge in [0.25, 0.3) is 0 Å². The molecule has 0 radical (unpaired) electrons. The zero-order chi connectivity index (χ0) is 10.1. The Bertz CT molecular complexity index is 198. The molecule has 0 aromatic heterocycles. The van der Waals surface area contributed by atoms with Crippen LogP contribution in [0.2, 0.25) is 0 Å². The molecule has 0 spiro atoms. The van der Waals surface area contributed by atoms with Gasteiger partial charge in [0.1, 0.15) is 0 Å². The Balaban J connectivity index is 3.78. The zero-order valence-corrected chi connectivity index (χ0v) is 8.47. The van der Waals surface area contributed by atoms with Gasteiger partial charge in [-0.15, -0.1) is 11.8 Å². The van der Waals surface area contributed by atoms with Crippen LogP contribution in [0.1, 0.15) is 46.0 Å². The highest BCUT2D eigenvalue weighted by atomic mass is 16.4.